The molecule has 2 aromatic rings. The van der Waals surface area contributed by atoms with Crippen LogP contribution in [0.4, 0.5) is 0 Å². The van der Waals surface area contributed by atoms with Crippen molar-refractivity contribution in [2.24, 2.45) is 5.73 Å². The SMILES string of the molecule is CCC(N)=O.COc1cc(CN2CCC3(C[C@@H]2C)OCCc2c3sc(Cl)c2CO)ccc1C. The van der Waals surface area contributed by atoms with E-state index in [0.717, 1.165) is 53.6 Å². The fourth-order valence-electron chi connectivity index (χ4n) is 4.69. The number of primary amides is 1. The molecule has 4 rings (SSSR count). The van der Waals surface area contributed by atoms with Gasteiger partial charge in [-0.1, -0.05) is 30.7 Å². The largest absolute Gasteiger partial charge is 0.496 e. The molecule has 1 spiro atoms. The number of aliphatic hydroxyl groups excluding tert-OH is 1. The van der Waals surface area contributed by atoms with E-state index in [1.54, 1.807) is 25.4 Å². The van der Waals surface area contributed by atoms with Crippen LogP contribution in [0.3, 0.4) is 0 Å². The Hall–Kier alpha value is -1.64. The van der Waals surface area contributed by atoms with Gasteiger partial charge in [0.2, 0.25) is 5.91 Å². The van der Waals surface area contributed by atoms with E-state index in [9.17, 15) is 9.90 Å². The van der Waals surface area contributed by atoms with Crippen LogP contribution in [0, 0.1) is 6.92 Å². The summed E-state index contributed by atoms with van der Waals surface area (Å²) < 4.78 is 12.6. The number of amides is 1. The Kier molecular flexibility index (Phi) is 8.81. The predicted molar refractivity (Wildman–Crippen MR) is 133 cm³/mol. The van der Waals surface area contributed by atoms with Crippen LogP contribution >= 0.6 is 22.9 Å². The molecule has 182 valence electrons. The van der Waals surface area contributed by atoms with Crippen LogP contribution in [0.25, 0.3) is 0 Å². The number of halogens is 1. The second kappa shape index (κ2) is 11.2. The molecule has 0 saturated carbocycles. The maximum absolute atomic E-state index is 9.73. The number of aryl methyl sites for hydroxylation is 1. The van der Waals surface area contributed by atoms with Gasteiger partial charge in [-0.25, -0.2) is 0 Å². The molecule has 3 heterocycles. The molecule has 3 N–H and O–H groups in total. The molecule has 1 aromatic heterocycles. The number of aliphatic hydroxyl groups is 1. The Labute approximate surface area is 205 Å². The molecule has 2 aliphatic rings. The Morgan fingerprint density at radius 1 is 1.45 bits per heavy atom. The van der Waals surface area contributed by atoms with E-state index in [1.807, 2.05) is 0 Å². The van der Waals surface area contributed by atoms with Gasteiger partial charge in [0.25, 0.3) is 0 Å². The van der Waals surface area contributed by atoms with E-state index in [-0.39, 0.29) is 18.1 Å². The zero-order valence-corrected chi connectivity index (χ0v) is 21.5. The number of carbonyl (C=O) groups excluding carboxylic acids is 1. The van der Waals surface area contributed by atoms with E-state index in [0.29, 0.717) is 19.1 Å². The Morgan fingerprint density at radius 3 is 2.79 bits per heavy atom. The summed E-state index contributed by atoms with van der Waals surface area (Å²) in [4.78, 5) is 13.4. The Bertz CT molecular complexity index is 980. The number of likely N-dealkylation sites (tertiary alicyclic amines) is 1. The number of hydrogen-bond donors (Lipinski definition) is 2. The molecule has 1 fully saturated rings. The standard InChI is InChI=1S/C22H28ClNO3S.C3H7NO/c1-14-4-5-16(10-19(14)26-3)12-24-8-7-22(11-15(24)2)20-17(6-9-27-22)18(13-25)21(23)28-20;1-2-3(4)5/h4-5,10,15,25H,6-9,11-13H2,1-3H3;2H2,1H3,(H2,4,5)/t15-,22?;/m0./s1. The minimum atomic E-state index is -0.254. The average Bonchev–Trinajstić information content (AvgIpc) is 3.14. The molecule has 0 aliphatic carbocycles. The van der Waals surface area contributed by atoms with Gasteiger partial charge in [0, 0.05) is 36.0 Å². The summed E-state index contributed by atoms with van der Waals surface area (Å²) in [7, 11) is 1.73. The number of hydrogen-bond acceptors (Lipinski definition) is 6. The van der Waals surface area contributed by atoms with E-state index in [2.05, 4.69) is 42.7 Å². The third-order valence-corrected chi connectivity index (χ3v) is 8.34. The van der Waals surface area contributed by atoms with Crippen LogP contribution in [0.1, 0.15) is 60.2 Å². The van der Waals surface area contributed by atoms with Crippen LogP contribution in [0.15, 0.2) is 18.2 Å². The third kappa shape index (κ3) is 5.72. The van der Waals surface area contributed by atoms with Crippen molar-refractivity contribution in [3.05, 3.63) is 49.7 Å². The van der Waals surface area contributed by atoms with Crippen LogP contribution in [0.2, 0.25) is 4.34 Å². The first-order valence-corrected chi connectivity index (χ1v) is 12.6. The molecule has 1 saturated heterocycles. The van der Waals surface area contributed by atoms with E-state index in [1.165, 1.54) is 16.0 Å². The van der Waals surface area contributed by atoms with Crippen LogP contribution in [0.5, 0.6) is 5.75 Å². The summed E-state index contributed by atoms with van der Waals surface area (Å²) in [6, 6.07) is 6.86. The highest BCUT2D eigenvalue weighted by atomic mass is 35.5. The normalized spacial score (nSPS) is 22.4. The lowest BCUT2D eigenvalue weighted by Gasteiger charge is -2.47. The van der Waals surface area contributed by atoms with Gasteiger partial charge in [0.15, 0.2) is 0 Å². The molecule has 2 atom stereocenters. The maximum Gasteiger partial charge on any atom is 0.217 e. The van der Waals surface area contributed by atoms with Crippen molar-refractivity contribution in [1.29, 1.82) is 0 Å². The highest BCUT2D eigenvalue weighted by Crippen LogP contribution is 2.50. The number of nitrogens with two attached hydrogens (primary N) is 1. The van der Waals surface area contributed by atoms with Crippen LogP contribution in [-0.2, 0) is 34.7 Å². The molecule has 1 amide bonds. The summed E-state index contributed by atoms with van der Waals surface area (Å²) in [5.74, 6) is 0.702. The number of fused-ring (bicyclic) bond motifs is 2. The first-order valence-electron chi connectivity index (χ1n) is 11.5. The quantitative estimate of drug-likeness (QED) is 0.637. The smallest absolute Gasteiger partial charge is 0.217 e. The number of piperidine rings is 1. The van der Waals surface area contributed by atoms with Gasteiger partial charge in [-0.15, -0.1) is 11.3 Å². The number of ether oxygens (including phenoxy) is 2. The average molecular weight is 495 g/mol. The van der Waals surface area contributed by atoms with Gasteiger partial charge in [-0.2, -0.15) is 0 Å². The van der Waals surface area contributed by atoms with Crippen molar-refractivity contribution in [1.82, 2.24) is 4.90 Å². The summed E-state index contributed by atoms with van der Waals surface area (Å²) in [6.45, 7) is 8.68. The molecular weight excluding hydrogens is 460 g/mol. The lowest BCUT2D eigenvalue weighted by atomic mass is 9.81. The number of nitrogens with zero attached hydrogens (tertiary/aromatic N) is 1. The minimum absolute atomic E-state index is 0.0116. The van der Waals surface area contributed by atoms with Crippen molar-refractivity contribution in [2.75, 3.05) is 20.3 Å². The lowest BCUT2D eigenvalue weighted by Crippen LogP contribution is -2.50. The molecule has 6 nitrogen and oxygen atoms in total. The van der Waals surface area contributed by atoms with Gasteiger partial charge in [0.05, 0.1) is 24.7 Å². The third-order valence-electron chi connectivity index (χ3n) is 6.63. The van der Waals surface area contributed by atoms with Gasteiger partial charge < -0.3 is 20.3 Å². The van der Waals surface area contributed by atoms with Crippen molar-refractivity contribution < 1.29 is 19.4 Å². The van der Waals surface area contributed by atoms with Crippen molar-refractivity contribution in [2.45, 2.75) is 71.2 Å². The molecule has 1 aromatic carbocycles. The number of thiophene rings is 1. The van der Waals surface area contributed by atoms with Gasteiger partial charge in [-0.05, 0) is 55.9 Å². The fraction of sp³-hybridized carbons (Fsp3) is 0.560. The lowest BCUT2D eigenvalue weighted by molar-refractivity contribution is -0.117. The highest BCUT2D eigenvalue weighted by Gasteiger charge is 2.45. The van der Waals surface area contributed by atoms with Gasteiger partial charge >= 0.3 is 0 Å². The zero-order chi connectivity index (χ0) is 24.2. The topological polar surface area (TPSA) is 85.0 Å². The van der Waals surface area contributed by atoms with Crippen molar-refractivity contribution in [3.8, 4) is 5.75 Å². The van der Waals surface area contributed by atoms with Crippen molar-refractivity contribution >= 4 is 28.8 Å². The van der Waals surface area contributed by atoms with Crippen molar-refractivity contribution in [3.63, 3.8) is 0 Å². The fourth-order valence-corrected chi connectivity index (χ4v) is 6.37. The van der Waals surface area contributed by atoms with E-state index >= 15 is 0 Å². The summed E-state index contributed by atoms with van der Waals surface area (Å²) in [6.07, 6.45) is 3.19. The summed E-state index contributed by atoms with van der Waals surface area (Å²) >= 11 is 8.04. The molecule has 33 heavy (non-hydrogen) atoms. The Morgan fingerprint density at radius 2 is 2.18 bits per heavy atom. The zero-order valence-electron chi connectivity index (χ0n) is 19.9. The predicted octanol–water partition coefficient (Wildman–Crippen LogP) is 4.55. The molecular formula is C25H35ClN2O4S. The number of benzene rings is 1. The first kappa shape index (κ1) is 26.0. The maximum atomic E-state index is 9.73. The molecule has 0 radical (unpaired) electrons. The number of carbonyl (C=O) groups is 1. The van der Waals surface area contributed by atoms with Gasteiger partial charge in [-0.3, -0.25) is 9.69 Å². The van der Waals surface area contributed by atoms with Gasteiger partial charge in [0.1, 0.15) is 11.4 Å². The first-order chi connectivity index (χ1) is 15.7. The number of rotatable bonds is 5. The van der Waals surface area contributed by atoms with Crippen LogP contribution in [-0.4, -0.2) is 42.2 Å². The molecule has 2 aliphatic heterocycles. The van der Waals surface area contributed by atoms with Crippen LogP contribution < -0.4 is 10.5 Å². The second-order valence-corrected chi connectivity index (χ2v) is 10.4. The van der Waals surface area contributed by atoms with E-state index < -0.39 is 0 Å². The Balaban J connectivity index is 0.000000555. The minimum Gasteiger partial charge on any atom is -0.496 e. The molecule has 8 heteroatoms. The number of methoxy groups -OCH3 is 1. The highest BCUT2D eigenvalue weighted by molar-refractivity contribution is 7.16. The monoisotopic (exact) mass is 494 g/mol. The molecule has 0 bridgehead atoms. The second-order valence-electron chi connectivity index (χ2n) is 8.81. The summed E-state index contributed by atoms with van der Waals surface area (Å²) in [5.41, 5.74) is 8.97. The molecule has 1 unspecified atom stereocenters. The summed E-state index contributed by atoms with van der Waals surface area (Å²) in [5, 5.41) is 9.73. The van der Waals surface area contributed by atoms with E-state index in [4.69, 9.17) is 21.1 Å².